The number of oxazole rings is 1. The molecule has 0 atom stereocenters. The van der Waals surface area contributed by atoms with Gasteiger partial charge >= 0.3 is 5.76 Å². The first-order chi connectivity index (χ1) is 5.68. The first kappa shape index (κ1) is 7.09. The zero-order valence-corrected chi connectivity index (χ0v) is 6.06. The number of hydrogen-bond donors (Lipinski definition) is 1. The second kappa shape index (κ2) is 2.20. The van der Waals surface area contributed by atoms with Crippen molar-refractivity contribution in [3.63, 3.8) is 0 Å². The first-order valence-corrected chi connectivity index (χ1v) is 3.32. The number of nitrogens with one attached hydrogen (secondary N) is 1. The lowest BCUT2D eigenvalue weighted by atomic mass is 10.2. The summed E-state index contributed by atoms with van der Waals surface area (Å²) in [5.74, 6) is -1.20. The van der Waals surface area contributed by atoms with Crippen LogP contribution in [0.15, 0.2) is 21.3 Å². The zero-order chi connectivity index (χ0) is 8.72. The highest BCUT2D eigenvalue weighted by Crippen LogP contribution is 2.16. The minimum absolute atomic E-state index is 0.0764. The minimum atomic E-state index is -0.658. The van der Waals surface area contributed by atoms with Gasteiger partial charge in [-0.15, -0.1) is 0 Å². The van der Waals surface area contributed by atoms with Crippen LogP contribution >= 0.6 is 0 Å². The van der Waals surface area contributed by atoms with Crippen molar-refractivity contribution in [2.45, 2.75) is 0 Å². The maximum absolute atomic E-state index is 13.1. The fourth-order valence-corrected chi connectivity index (χ4v) is 1.03. The van der Waals surface area contributed by atoms with Gasteiger partial charge < -0.3 is 4.42 Å². The summed E-state index contributed by atoms with van der Waals surface area (Å²) in [7, 11) is 0. The van der Waals surface area contributed by atoms with Crippen LogP contribution in [0.25, 0.3) is 11.1 Å². The van der Waals surface area contributed by atoms with Crippen molar-refractivity contribution in [1.82, 2.24) is 4.98 Å². The smallest absolute Gasteiger partial charge is 0.408 e. The summed E-state index contributed by atoms with van der Waals surface area (Å²) in [6.07, 6.45) is 0. The molecule has 1 aromatic carbocycles. The molecular weight excluding hydrogens is 161 g/mol. The molecule has 0 spiro atoms. The Kier molecular flexibility index (Phi) is 1.30. The predicted octanol–water partition coefficient (Wildman–Crippen LogP) is 1.44. The van der Waals surface area contributed by atoms with Gasteiger partial charge in [-0.05, 0) is 18.6 Å². The van der Waals surface area contributed by atoms with Crippen molar-refractivity contribution < 1.29 is 8.81 Å². The monoisotopic (exact) mass is 166 g/mol. The molecule has 0 bridgehead atoms. The molecule has 12 heavy (non-hydrogen) atoms. The second-order valence-corrected chi connectivity index (χ2v) is 2.43. The molecular formula is C8H5FNO2. The third kappa shape index (κ3) is 0.845. The number of H-pyrrole nitrogens is 1. The summed E-state index contributed by atoms with van der Waals surface area (Å²) < 4.78 is 17.7. The van der Waals surface area contributed by atoms with Gasteiger partial charge in [-0.3, -0.25) is 4.98 Å². The van der Waals surface area contributed by atoms with Crippen molar-refractivity contribution in [2.24, 2.45) is 0 Å². The van der Waals surface area contributed by atoms with E-state index < -0.39 is 11.6 Å². The molecule has 2 rings (SSSR count). The summed E-state index contributed by atoms with van der Waals surface area (Å²) in [5, 5.41) is 0. The van der Waals surface area contributed by atoms with E-state index in [1.54, 1.807) is 0 Å². The van der Waals surface area contributed by atoms with Crippen LogP contribution in [0.2, 0.25) is 0 Å². The lowest BCUT2D eigenvalue weighted by molar-refractivity contribution is 0.555. The lowest BCUT2D eigenvalue weighted by Crippen LogP contribution is -1.94. The van der Waals surface area contributed by atoms with Gasteiger partial charge in [0.15, 0.2) is 11.4 Å². The molecule has 1 heterocycles. The molecule has 0 aliphatic heterocycles. The lowest BCUT2D eigenvalue weighted by Gasteiger charge is -1.93. The van der Waals surface area contributed by atoms with Gasteiger partial charge in [-0.2, -0.15) is 0 Å². The van der Waals surface area contributed by atoms with E-state index in [-0.39, 0.29) is 16.7 Å². The summed E-state index contributed by atoms with van der Waals surface area (Å²) >= 11 is 0. The highest BCUT2D eigenvalue weighted by Gasteiger charge is 2.07. The molecule has 0 unspecified atom stereocenters. The number of rotatable bonds is 0. The Hall–Kier alpha value is -1.58. The predicted molar refractivity (Wildman–Crippen MR) is 41.3 cm³/mol. The van der Waals surface area contributed by atoms with Crippen LogP contribution in [0.5, 0.6) is 0 Å². The Morgan fingerprint density at radius 1 is 1.50 bits per heavy atom. The Bertz CT molecular complexity index is 483. The van der Waals surface area contributed by atoms with E-state index in [2.05, 4.69) is 16.3 Å². The number of benzene rings is 1. The average Bonchev–Trinajstić information content (AvgIpc) is 2.39. The fraction of sp³-hybridized carbons (Fsp3) is 0. The van der Waals surface area contributed by atoms with Crippen LogP contribution < -0.4 is 5.76 Å². The van der Waals surface area contributed by atoms with Gasteiger partial charge in [-0.25, -0.2) is 9.18 Å². The summed E-state index contributed by atoms with van der Waals surface area (Å²) in [4.78, 5) is 12.9. The summed E-state index contributed by atoms with van der Waals surface area (Å²) in [6.45, 7) is 3.44. The minimum Gasteiger partial charge on any atom is -0.408 e. The van der Waals surface area contributed by atoms with E-state index in [1.807, 2.05) is 0 Å². The Morgan fingerprint density at radius 2 is 2.25 bits per heavy atom. The van der Waals surface area contributed by atoms with Gasteiger partial charge in [0, 0.05) is 0 Å². The number of hydrogen-bond acceptors (Lipinski definition) is 2. The van der Waals surface area contributed by atoms with Crippen LogP contribution in [0.3, 0.4) is 0 Å². The van der Waals surface area contributed by atoms with E-state index in [4.69, 9.17) is 0 Å². The SMILES string of the molecule is [CH2]c1ccc2oc(=O)[nH]c2c1F. The number of halogens is 1. The second-order valence-electron chi connectivity index (χ2n) is 2.43. The molecule has 2 aromatic rings. The summed E-state index contributed by atoms with van der Waals surface area (Å²) in [5.41, 5.74) is 0.525. The Labute approximate surface area is 66.8 Å². The van der Waals surface area contributed by atoms with Crippen LogP contribution in [-0.4, -0.2) is 4.98 Å². The largest absolute Gasteiger partial charge is 0.417 e. The Morgan fingerprint density at radius 3 is 3.00 bits per heavy atom. The first-order valence-electron chi connectivity index (χ1n) is 3.32. The standard InChI is InChI=1S/C8H5FNO2/c1-4-2-3-5-7(6(4)9)10-8(11)12-5/h2-3H,1H2,(H,10,11). The molecule has 4 heteroatoms. The van der Waals surface area contributed by atoms with Gasteiger partial charge in [-0.1, -0.05) is 6.07 Å². The highest BCUT2D eigenvalue weighted by atomic mass is 19.1. The number of aromatic nitrogens is 1. The Balaban J connectivity index is 2.99. The molecule has 61 valence electrons. The fourth-order valence-electron chi connectivity index (χ4n) is 1.03. The van der Waals surface area contributed by atoms with E-state index in [0.717, 1.165) is 0 Å². The van der Waals surface area contributed by atoms with E-state index in [0.29, 0.717) is 0 Å². The van der Waals surface area contributed by atoms with E-state index >= 15 is 0 Å². The van der Waals surface area contributed by atoms with Crippen LogP contribution in [0, 0.1) is 12.7 Å². The third-order valence-electron chi connectivity index (χ3n) is 1.61. The molecule has 0 aliphatic rings. The molecule has 1 radical (unpaired) electrons. The molecule has 0 fully saturated rings. The molecule has 1 aromatic heterocycles. The highest BCUT2D eigenvalue weighted by molar-refractivity contribution is 5.73. The van der Waals surface area contributed by atoms with Crippen molar-refractivity contribution in [1.29, 1.82) is 0 Å². The molecule has 1 N–H and O–H groups in total. The molecule has 0 saturated heterocycles. The topological polar surface area (TPSA) is 46.0 Å². The molecule has 0 saturated carbocycles. The van der Waals surface area contributed by atoms with E-state index in [9.17, 15) is 9.18 Å². The van der Waals surface area contributed by atoms with Gasteiger partial charge in [0.1, 0.15) is 5.52 Å². The van der Waals surface area contributed by atoms with Crippen LogP contribution in [0.1, 0.15) is 5.56 Å². The van der Waals surface area contributed by atoms with Crippen molar-refractivity contribution in [3.8, 4) is 0 Å². The molecule has 0 aliphatic carbocycles. The molecule has 0 amide bonds. The van der Waals surface area contributed by atoms with Gasteiger partial charge in [0.2, 0.25) is 0 Å². The molecule has 3 nitrogen and oxygen atoms in total. The number of fused-ring (bicyclic) bond motifs is 1. The van der Waals surface area contributed by atoms with Crippen molar-refractivity contribution >= 4 is 11.1 Å². The average molecular weight is 166 g/mol. The van der Waals surface area contributed by atoms with E-state index in [1.165, 1.54) is 12.1 Å². The van der Waals surface area contributed by atoms with Gasteiger partial charge in [0.05, 0.1) is 0 Å². The third-order valence-corrected chi connectivity index (χ3v) is 1.61. The maximum Gasteiger partial charge on any atom is 0.417 e. The van der Waals surface area contributed by atoms with Crippen molar-refractivity contribution in [2.75, 3.05) is 0 Å². The maximum atomic E-state index is 13.1. The zero-order valence-electron chi connectivity index (χ0n) is 6.06. The summed E-state index contributed by atoms with van der Waals surface area (Å²) in [6, 6.07) is 2.95. The van der Waals surface area contributed by atoms with Gasteiger partial charge in [0.25, 0.3) is 0 Å². The number of aromatic amines is 1. The quantitative estimate of drug-likeness (QED) is 0.643. The normalized spacial score (nSPS) is 10.8. The van der Waals surface area contributed by atoms with Crippen LogP contribution in [-0.2, 0) is 0 Å². The van der Waals surface area contributed by atoms with Crippen molar-refractivity contribution in [3.05, 3.63) is 41.0 Å². The van der Waals surface area contributed by atoms with Crippen LogP contribution in [0.4, 0.5) is 4.39 Å².